The van der Waals surface area contributed by atoms with E-state index in [9.17, 15) is 18.4 Å². The molecule has 0 aliphatic rings. The fourth-order valence-electron chi connectivity index (χ4n) is 1.92. The second-order valence-electron chi connectivity index (χ2n) is 4.62. The van der Waals surface area contributed by atoms with Gasteiger partial charge in [0.25, 0.3) is 12.3 Å². The molecule has 0 fully saturated rings. The molecule has 0 unspecified atom stereocenters. The third-order valence-corrected chi connectivity index (χ3v) is 3.02. The molecule has 0 aliphatic heterocycles. The van der Waals surface area contributed by atoms with Crippen LogP contribution in [0.4, 0.5) is 14.5 Å². The molecular formula is C15H13F2N3O3. The number of carbonyl (C=O) groups is 2. The van der Waals surface area contributed by atoms with Gasteiger partial charge in [-0.05, 0) is 23.8 Å². The van der Waals surface area contributed by atoms with Gasteiger partial charge >= 0.3 is 5.97 Å². The highest BCUT2D eigenvalue weighted by Gasteiger charge is 2.23. The van der Waals surface area contributed by atoms with Crippen LogP contribution in [0.5, 0.6) is 0 Å². The van der Waals surface area contributed by atoms with E-state index in [0.29, 0.717) is 11.3 Å². The van der Waals surface area contributed by atoms with Crippen LogP contribution in [0.25, 0.3) is 6.08 Å². The van der Waals surface area contributed by atoms with Crippen molar-refractivity contribution in [2.24, 2.45) is 7.05 Å². The minimum atomic E-state index is -2.81. The van der Waals surface area contributed by atoms with Crippen molar-refractivity contribution in [3.05, 3.63) is 53.4 Å². The Morgan fingerprint density at radius 2 is 1.96 bits per heavy atom. The number of anilines is 1. The number of hydrogen-bond donors (Lipinski definition) is 2. The topological polar surface area (TPSA) is 84.2 Å². The number of hydrogen-bond acceptors (Lipinski definition) is 3. The summed E-state index contributed by atoms with van der Waals surface area (Å²) in [6.45, 7) is 0. The zero-order valence-electron chi connectivity index (χ0n) is 12.0. The number of rotatable bonds is 5. The number of amides is 1. The molecule has 1 aromatic heterocycles. The van der Waals surface area contributed by atoms with E-state index < -0.39 is 24.0 Å². The van der Waals surface area contributed by atoms with Crippen LogP contribution in [0, 0.1) is 0 Å². The van der Waals surface area contributed by atoms with Gasteiger partial charge in [-0.3, -0.25) is 9.48 Å². The van der Waals surface area contributed by atoms with Gasteiger partial charge < -0.3 is 10.4 Å². The van der Waals surface area contributed by atoms with Crippen LogP contribution < -0.4 is 5.32 Å². The summed E-state index contributed by atoms with van der Waals surface area (Å²) < 4.78 is 26.8. The minimum Gasteiger partial charge on any atom is -0.478 e. The van der Waals surface area contributed by atoms with Crippen LogP contribution in [0.3, 0.4) is 0 Å². The molecule has 6 nitrogen and oxygen atoms in total. The second kappa shape index (κ2) is 6.82. The van der Waals surface area contributed by atoms with Gasteiger partial charge in [0.2, 0.25) is 0 Å². The quantitative estimate of drug-likeness (QED) is 0.829. The number of carbonyl (C=O) groups excluding carboxylic acids is 1. The van der Waals surface area contributed by atoms with E-state index >= 15 is 0 Å². The number of aryl methyl sites for hydroxylation is 1. The molecule has 0 bridgehead atoms. The number of nitrogens with zero attached hydrogens (tertiary/aromatic N) is 2. The molecule has 2 aromatic rings. The summed E-state index contributed by atoms with van der Waals surface area (Å²) in [6.07, 6.45) is 0.648. The molecule has 1 heterocycles. The minimum absolute atomic E-state index is 0.197. The Labute approximate surface area is 130 Å². The number of halogens is 2. The summed E-state index contributed by atoms with van der Waals surface area (Å²) in [5.41, 5.74) is 0.368. The molecular weight excluding hydrogens is 308 g/mol. The molecule has 1 aromatic carbocycles. The molecule has 1 amide bonds. The Morgan fingerprint density at radius 1 is 1.30 bits per heavy atom. The average molecular weight is 321 g/mol. The molecule has 0 spiro atoms. The lowest BCUT2D eigenvalue weighted by molar-refractivity contribution is -0.131. The fraction of sp³-hybridized carbons (Fsp3) is 0.133. The van der Waals surface area contributed by atoms with Gasteiger partial charge in [-0.1, -0.05) is 12.1 Å². The van der Waals surface area contributed by atoms with Crippen LogP contribution in [0.1, 0.15) is 28.0 Å². The zero-order valence-corrected chi connectivity index (χ0v) is 12.0. The molecule has 0 aliphatic carbocycles. The lowest BCUT2D eigenvalue weighted by atomic mass is 10.2. The van der Waals surface area contributed by atoms with Gasteiger partial charge in [0.05, 0.1) is 11.8 Å². The molecule has 23 heavy (non-hydrogen) atoms. The Balaban J connectivity index is 2.13. The maximum absolute atomic E-state index is 12.9. The van der Waals surface area contributed by atoms with Crippen molar-refractivity contribution >= 4 is 23.6 Å². The summed E-state index contributed by atoms with van der Waals surface area (Å²) in [7, 11) is 1.34. The van der Waals surface area contributed by atoms with E-state index in [1.807, 2.05) is 0 Å². The Hall–Kier alpha value is -3.03. The van der Waals surface area contributed by atoms with Crippen LogP contribution >= 0.6 is 0 Å². The molecule has 0 saturated heterocycles. The lowest BCUT2D eigenvalue weighted by Gasteiger charge is -2.07. The SMILES string of the molecule is Cn1ncc(C(=O)Nc2ccc(C=CC(=O)O)cc2)c1C(F)F. The van der Waals surface area contributed by atoms with Gasteiger partial charge in [0.15, 0.2) is 0 Å². The van der Waals surface area contributed by atoms with Crippen molar-refractivity contribution < 1.29 is 23.5 Å². The van der Waals surface area contributed by atoms with Crippen molar-refractivity contribution in [2.75, 3.05) is 5.32 Å². The monoisotopic (exact) mass is 321 g/mol. The average Bonchev–Trinajstić information content (AvgIpc) is 2.88. The molecule has 0 atom stereocenters. The Bertz CT molecular complexity index is 752. The third-order valence-electron chi connectivity index (χ3n) is 3.02. The molecule has 2 N–H and O–H groups in total. The predicted octanol–water partition coefficient (Wildman–Crippen LogP) is 2.71. The highest BCUT2D eigenvalue weighted by atomic mass is 19.3. The first-order valence-electron chi connectivity index (χ1n) is 6.51. The number of carboxylic acids is 1. The van der Waals surface area contributed by atoms with Crippen LogP contribution in [0.15, 0.2) is 36.5 Å². The number of nitrogens with one attached hydrogen (secondary N) is 1. The first-order chi connectivity index (χ1) is 10.9. The van der Waals surface area contributed by atoms with E-state index in [0.717, 1.165) is 17.0 Å². The Kier molecular flexibility index (Phi) is 4.85. The van der Waals surface area contributed by atoms with Gasteiger partial charge in [-0.2, -0.15) is 5.10 Å². The van der Waals surface area contributed by atoms with Gasteiger partial charge in [-0.25, -0.2) is 13.6 Å². The van der Waals surface area contributed by atoms with E-state index in [-0.39, 0.29) is 5.56 Å². The summed E-state index contributed by atoms with van der Waals surface area (Å²) >= 11 is 0. The smallest absolute Gasteiger partial charge is 0.328 e. The first-order valence-corrected chi connectivity index (χ1v) is 6.51. The van der Waals surface area contributed by atoms with Crippen molar-refractivity contribution in [1.82, 2.24) is 9.78 Å². The highest BCUT2D eigenvalue weighted by Crippen LogP contribution is 2.23. The number of aromatic nitrogens is 2. The summed E-state index contributed by atoms with van der Waals surface area (Å²) in [6, 6.07) is 6.26. The summed E-state index contributed by atoms with van der Waals surface area (Å²) in [5.74, 6) is -1.76. The van der Waals surface area contributed by atoms with Crippen LogP contribution in [-0.2, 0) is 11.8 Å². The lowest BCUT2D eigenvalue weighted by Crippen LogP contribution is -2.14. The molecule has 0 saturated carbocycles. The van der Waals surface area contributed by atoms with Crippen molar-refractivity contribution in [3.63, 3.8) is 0 Å². The predicted molar refractivity (Wildman–Crippen MR) is 79.2 cm³/mol. The van der Waals surface area contributed by atoms with Crippen LogP contribution in [-0.4, -0.2) is 26.8 Å². The van der Waals surface area contributed by atoms with Gasteiger partial charge in [-0.15, -0.1) is 0 Å². The normalized spacial score (nSPS) is 11.1. The van der Waals surface area contributed by atoms with E-state index in [2.05, 4.69) is 10.4 Å². The number of alkyl halides is 2. The first kappa shape index (κ1) is 16.3. The van der Waals surface area contributed by atoms with Crippen molar-refractivity contribution in [1.29, 1.82) is 0 Å². The largest absolute Gasteiger partial charge is 0.478 e. The van der Waals surface area contributed by atoms with E-state index in [1.54, 1.807) is 12.1 Å². The number of benzene rings is 1. The van der Waals surface area contributed by atoms with E-state index in [4.69, 9.17) is 5.11 Å². The Morgan fingerprint density at radius 3 is 2.52 bits per heavy atom. The van der Waals surface area contributed by atoms with E-state index in [1.165, 1.54) is 25.3 Å². The van der Waals surface area contributed by atoms with Crippen molar-refractivity contribution in [3.8, 4) is 0 Å². The zero-order chi connectivity index (χ0) is 17.0. The maximum Gasteiger partial charge on any atom is 0.328 e. The summed E-state index contributed by atoms with van der Waals surface area (Å²) in [5, 5.41) is 14.7. The van der Waals surface area contributed by atoms with Crippen LogP contribution in [0.2, 0.25) is 0 Å². The van der Waals surface area contributed by atoms with Crippen molar-refractivity contribution in [2.45, 2.75) is 6.43 Å². The molecule has 8 heteroatoms. The highest BCUT2D eigenvalue weighted by molar-refractivity contribution is 6.05. The van der Waals surface area contributed by atoms with Gasteiger partial charge in [0, 0.05) is 18.8 Å². The third kappa shape index (κ3) is 4.00. The number of aliphatic carboxylic acids is 1. The number of carboxylic acid groups (broad SMARTS) is 1. The molecule has 0 radical (unpaired) electrons. The molecule has 120 valence electrons. The standard InChI is InChI=1S/C15H13F2N3O3/c1-20-13(14(16)17)11(8-18-20)15(23)19-10-5-2-9(3-6-10)4-7-12(21)22/h2-8,14H,1H3,(H,19,23)(H,21,22). The van der Waals surface area contributed by atoms with Gasteiger partial charge in [0.1, 0.15) is 5.69 Å². The summed E-state index contributed by atoms with van der Waals surface area (Å²) in [4.78, 5) is 22.5. The maximum atomic E-state index is 12.9. The molecule has 2 rings (SSSR count). The second-order valence-corrected chi connectivity index (χ2v) is 4.62. The fourth-order valence-corrected chi connectivity index (χ4v) is 1.92.